The Hall–Kier alpha value is -1.83. The maximum absolute atomic E-state index is 10.6. The molecule has 0 amide bonds. The summed E-state index contributed by atoms with van der Waals surface area (Å²) in [7, 11) is 0. The fraction of sp³-hybridized carbons (Fsp3) is 0.400. The number of aromatic nitrogens is 1. The van der Waals surface area contributed by atoms with Crippen molar-refractivity contribution in [3.8, 4) is 5.75 Å². The van der Waals surface area contributed by atoms with Crippen molar-refractivity contribution in [2.75, 3.05) is 13.1 Å². The quantitative estimate of drug-likeness (QED) is 0.836. The molecule has 0 saturated carbocycles. The number of carbonyl (C=O) groups is 1. The topological polar surface area (TPSA) is 71.5 Å². The maximum Gasteiger partial charge on any atom is 0.490 e. The number of halogens is 3. The van der Waals surface area contributed by atoms with Gasteiger partial charge in [0.05, 0.1) is 0 Å². The fourth-order valence-corrected chi connectivity index (χ4v) is 0.955. The molecule has 8 heteroatoms. The van der Waals surface area contributed by atoms with Gasteiger partial charge in [-0.1, -0.05) is 0 Å². The van der Waals surface area contributed by atoms with Gasteiger partial charge in [0, 0.05) is 25.5 Å². The van der Waals surface area contributed by atoms with E-state index in [0.717, 1.165) is 18.8 Å². The monoisotopic (exact) mass is 264 g/mol. The molecular formula is C10H11F3N2O3. The van der Waals surface area contributed by atoms with Crippen molar-refractivity contribution >= 4 is 5.97 Å². The first-order valence-corrected chi connectivity index (χ1v) is 4.97. The standard InChI is InChI=1S/C8H10N2O.C2HF3O2/c1-3-9-4-2-7(1)11-8-5-10-6-8;3-2(4,5)1(6)7/h1-4,8,10H,5-6H2;(H,6,7). The summed E-state index contributed by atoms with van der Waals surface area (Å²) in [6, 6.07) is 3.75. The number of nitrogens with zero attached hydrogens (tertiary/aromatic N) is 1. The molecule has 0 radical (unpaired) electrons. The minimum Gasteiger partial charge on any atom is -0.488 e. The van der Waals surface area contributed by atoms with E-state index in [9.17, 15) is 13.2 Å². The molecule has 1 saturated heterocycles. The van der Waals surface area contributed by atoms with Crippen molar-refractivity contribution in [2.24, 2.45) is 0 Å². The van der Waals surface area contributed by atoms with Crippen molar-refractivity contribution in [3.63, 3.8) is 0 Å². The average Bonchev–Trinajstić information content (AvgIpc) is 2.25. The second-order valence-electron chi connectivity index (χ2n) is 3.38. The Balaban J connectivity index is 0.000000203. The van der Waals surface area contributed by atoms with Crippen LogP contribution in [0.25, 0.3) is 0 Å². The van der Waals surface area contributed by atoms with Gasteiger partial charge in [-0.05, 0) is 12.1 Å². The summed E-state index contributed by atoms with van der Waals surface area (Å²) in [5, 5.41) is 10.3. The lowest BCUT2D eigenvalue weighted by Crippen LogP contribution is -2.50. The van der Waals surface area contributed by atoms with Gasteiger partial charge in [-0.3, -0.25) is 4.98 Å². The van der Waals surface area contributed by atoms with Gasteiger partial charge in [0.25, 0.3) is 0 Å². The second-order valence-corrected chi connectivity index (χ2v) is 3.38. The maximum atomic E-state index is 10.6. The summed E-state index contributed by atoms with van der Waals surface area (Å²) in [6.45, 7) is 1.92. The number of aliphatic carboxylic acids is 1. The van der Waals surface area contributed by atoms with E-state index < -0.39 is 12.1 Å². The molecule has 0 aromatic carbocycles. The Bertz CT molecular complexity index is 380. The van der Waals surface area contributed by atoms with Gasteiger partial charge in [-0.2, -0.15) is 13.2 Å². The molecular weight excluding hydrogens is 253 g/mol. The average molecular weight is 264 g/mol. The Kier molecular flexibility index (Phi) is 4.90. The van der Waals surface area contributed by atoms with Gasteiger partial charge in [-0.25, -0.2) is 4.79 Å². The van der Waals surface area contributed by atoms with Gasteiger partial charge >= 0.3 is 12.1 Å². The predicted molar refractivity (Wildman–Crippen MR) is 55.2 cm³/mol. The molecule has 2 heterocycles. The summed E-state index contributed by atoms with van der Waals surface area (Å²) in [5.41, 5.74) is 0. The third-order valence-corrected chi connectivity index (χ3v) is 1.94. The second kappa shape index (κ2) is 6.20. The molecule has 1 aliphatic heterocycles. The van der Waals surface area contributed by atoms with E-state index in [1.54, 1.807) is 12.4 Å². The zero-order valence-electron chi connectivity index (χ0n) is 9.15. The van der Waals surface area contributed by atoms with Crippen molar-refractivity contribution in [2.45, 2.75) is 12.3 Å². The number of hydrogen-bond donors (Lipinski definition) is 2. The minimum absolute atomic E-state index is 0.359. The molecule has 1 aromatic heterocycles. The highest BCUT2D eigenvalue weighted by Gasteiger charge is 2.38. The largest absolute Gasteiger partial charge is 0.490 e. The molecule has 0 atom stereocenters. The zero-order valence-corrected chi connectivity index (χ0v) is 9.15. The Labute approximate surface area is 101 Å². The van der Waals surface area contributed by atoms with Crippen LogP contribution in [0.15, 0.2) is 24.5 Å². The van der Waals surface area contributed by atoms with Crippen LogP contribution < -0.4 is 10.1 Å². The van der Waals surface area contributed by atoms with Crippen LogP contribution >= 0.6 is 0 Å². The molecule has 1 aromatic rings. The van der Waals surface area contributed by atoms with E-state index in [0.29, 0.717) is 6.10 Å². The Morgan fingerprint density at radius 1 is 1.39 bits per heavy atom. The summed E-state index contributed by atoms with van der Waals surface area (Å²) < 4.78 is 37.3. The van der Waals surface area contributed by atoms with E-state index >= 15 is 0 Å². The summed E-state index contributed by atoms with van der Waals surface area (Å²) >= 11 is 0. The first kappa shape index (κ1) is 14.2. The lowest BCUT2D eigenvalue weighted by Gasteiger charge is -2.27. The third-order valence-electron chi connectivity index (χ3n) is 1.94. The van der Waals surface area contributed by atoms with Crippen molar-refractivity contribution in [1.29, 1.82) is 0 Å². The van der Waals surface area contributed by atoms with Crippen molar-refractivity contribution in [1.82, 2.24) is 10.3 Å². The highest BCUT2D eigenvalue weighted by atomic mass is 19.4. The summed E-state index contributed by atoms with van der Waals surface area (Å²) in [6.07, 6.45) is -1.25. The number of nitrogens with one attached hydrogen (secondary N) is 1. The lowest BCUT2D eigenvalue weighted by atomic mass is 10.2. The molecule has 0 spiro atoms. The van der Waals surface area contributed by atoms with Gasteiger partial charge in [-0.15, -0.1) is 0 Å². The van der Waals surface area contributed by atoms with E-state index in [1.807, 2.05) is 12.1 Å². The van der Waals surface area contributed by atoms with Crippen LogP contribution in [0.4, 0.5) is 13.2 Å². The van der Waals surface area contributed by atoms with E-state index in [4.69, 9.17) is 14.6 Å². The highest BCUT2D eigenvalue weighted by Crippen LogP contribution is 2.13. The predicted octanol–water partition coefficient (Wildman–Crippen LogP) is 1.07. The summed E-state index contributed by atoms with van der Waals surface area (Å²) in [4.78, 5) is 12.8. The molecule has 0 bridgehead atoms. The van der Waals surface area contributed by atoms with Gasteiger partial charge < -0.3 is 15.2 Å². The lowest BCUT2D eigenvalue weighted by molar-refractivity contribution is -0.192. The van der Waals surface area contributed by atoms with Gasteiger partial charge in [0.2, 0.25) is 0 Å². The molecule has 1 aliphatic rings. The molecule has 18 heavy (non-hydrogen) atoms. The number of rotatable bonds is 2. The van der Waals surface area contributed by atoms with Crippen LogP contribution in [-0.2, 0) is 4.79 Å². The van der Waals surface area contributed by atoms with Crippen LogP contribution in [0, 0.1) is 0 Å². The molecule has 0 unspecified atom stereocenters. The number of pyridine rings is 1. The SMILES string of the molecule is O=C(O)C(F)(F)F.c1cc(OC2CNC2)ccn1. The van der Waals surface area contributed by atoms with Crippen LogP contribution in [-0.4, -0.2) is 41.4 Å². The number of alkyl halides is 3. The minimum atomic E-state index is -5.08. The molecule has 100 valence electrons. The summed E-state index contributed by atoms with van der Waals surface area (Å²) in [5.74, 6) is -1.85. The first-order chi connectivity index (χ1) is 8.39. The Morgan fingerprint density at radius 2 is 1.89 bits per heavy atom. The number of carboxylic acid groups (broad SMARTS) is 1. The van der Waals surface area contributed by atoms with Crippen LogP contribution in [0.3, 0.4) is 0 Å². The van der Waals surface area contributed by atoms with Crippen LogP contribution in [0.2, 0.25) is 0 Å². The highest BCUT2D eigenvalue weighted by molar-refractivity contribution is 5.73. The van der Waals surface area contributed by atoms with Gasteiger partial charge in [0.1, 0.15) is 11.9 Å². The van der Waals surface area contributed by atoms with Crippen molar-refractivity contribution in [3.05, 3.63) is 24.5 Å². The number of hydrogen-bond acceptors (Lipinski definition) is 4. The van der Waals surface area contributed by atoms with Gasteiger partial charge in [0.15, 0.2) is 0 Å². The zero-order chi connectivity index (χ0) is 13.6. The van der Waals surface area contributed by atoms with Crippen LogP contribution in [0.5, 0.6) is 5.75 Å². The number of carboxylic acids is 1. The van der Waals surface area contributed by atoms with E-state index in [-0.39, 0.29) is 0 Å². The Morgan fingerprint density at radius 3 is 2.22 bits per heavy atom. The molecule has 1 fully saturated rings. The number of ether oxygens (including phenoxy) is 1. The molecule has 5 nitrogen and oxygen atoms in total. The van der Waals surface area contributed by atoms with E-state index in [1.165, 1.54) is 0 Å². The normalized spacial score (nSPS) is 15.1. The molecule has 0 aliphatic carbocycles. The first-order valence-electron chi connectivity index (χ1n) is 4.97. The fourth-order valence-electron chi connectivity index (χ4n) is 0.955. The van der Waals surface area contributed by atoms with Crippen LogP contribution in [0.1, 0.15) is 0 Å². The molecule has 2 rings (SSSR count). The third kappa shape index (κ3) is 5.00. The smallest absolute Gasteiger partial charge is 0.488 e. The van der Waals surface area contributed by atoms with E-state index in [2.05, 4.69) is 10.3 Å². The van der Waals surface area contributed by atoms with Crippen molar-refractivity contribution < 1.29 is 27.8 Å². The molecule has 2 N–H and O–H groups in total.